The van der Waals surface area contributed by atoms with E-state index in [-0.39, 0.29) is 11.4 Å². The summed E-state index contributed by atoms with van der Waals surface area (Å²) in [6.07, 6.45) is 0. The van der Waals surface area contributed by atoms with E-state index in [9.17, 15) is 4.79 Å². The minimum Gasteiger partial charge on any atom is -0.397 e. The van der Waals surface area contributed by atoms with Crippen molar-refractivity contribution in [2.75, 3.05) is 5.73 Å². The third-order valence-corrected chi connectivity index (χ3v) is 4.48. The van der Waals surface area contributed by atoms with E-state index in [0.29, 0.717) is 10.6 Å². The van der Waals surface area contributed by atoms with Crippen molar-refractivity contribution >= 4 is 44.1 Å². The van der Waals surface area contributed by atoms with Gasteiger partial charge in [-0.05, 0) is 45.9 Å². The molecule has 4 nitrogen and oxygen atoms in total. The molecule has 3 N–H and O–H groups in total. The van der Waals surface area contributed by atoms with Crippen LogP contribution >= 0.6 is 11.3 Å². The predicted octanol–water partition coefficient (Wildman–Crippen LogP) is 3.87. The van der Waals surface area contributed by atoms with Gasteiger partial charge in [-0.1, -0.05) is 11.6 Å². The number of hydrogen-bond acceptors (Lipinski definition) is 4. The van der Waals surface area contributed by atoms with E-state index in [0.717, 1.165) is 21.1 Å². The van der Waals surface area contributed by atoms with Crippen LogP contribution in [0.15, 0.2) is 24.3 Å². The Hall–Kier alpha value is -2.14. The van der Waals surface area contributed by atoms with E-state index in [1.54, 1.807) is 0 Å². The Labute approximate surface area is 133 Å². The van der Waals surface area contributed by atoms with Crippen molar-refractivity contribution in [3.05, 3.63) is 34.7 Å². The van der Waals surface area contributed by atoms with Crippen molar-refractivity contribution in [1.82, 2.24) is 10.3 Å². The number of nitrogen functional groups attached to an aromatic ring is 1. The average Bonchev–Trinajstić information content (AvgIpc) is 2.71. The second-order valence-corrected chi connectivity index (χ2v) is 7.59. The average molecular weight is 313 g/mol. The Morgan fingerprint density at radius 2 is 2.00 bits per heavy atom. The molecule has 114 valence electrons. The molecule has 0 aliphatic carbocycles. The predicted molar refractivity (Wildman–Crippen MR) is 93.5 cm³/mol. The number of nitrogens with two attached hydrogens (primary N) is 1. The van der Waals surface area contributed by atoms with Crippen molar-refractivity contribution in [3.8, 4) is 0 Å². The monoisotopic (exact) mass is 313 g/mol. The highest BCUT2D eigenvalue weighted by molar-refractivity contribution is 7.21. The first-order valence-corrected chi connectivity index (χ1v) is 7.98. The molecule has 1 aromatic carbocycles. The second kappa shape index (κ2) is 4.95. The number of anilines is 1. The molecule has 1 amide bonds. The molecule has 3 rings (SSSR count). The molecule has 2 aromatic heterocycles. The van der Waals surface area contributed by atoms with Crippen LogP contribution in [0.5, 0.6) is 0 Å². The normalized spacial score (nSPS) is 12.0. The molecule has 0 saturated carbocycles. The van der Waals surface area contributed by atoms with Crippen LogP contribution in [0.3, 0.4) is 0 Å². The number of benzene rings is 1. The summed E-state index contributed by atoms with van der Waals surface area (Å²) in [7, 11) is 0. The Balaban J connectivity index is 2.16. The largest absolute Gasteiger partial charge is 0.397 e. The highest BCUT2D eigenvalue weighted by atomic mass is 32.1. The Morgan fingerprint density at radius 1 is 1.27 bits per heavy atom. The van der Waals surface area contributed by atoms with Crippen LogP contribution in [-0.2, 0) is 0 Å². The van der Waals surface area contributed by atoms with Crippen LogP contribution in [0.4, 0.5) is 5.69 Å². The van der Waals surface area contributed by atoms with Gasteiger partial charge in [0.05, 0.1) is 11.2 Å². The number of pyridine rings is 1. The maximum absolute atomic E-state index is 12.4. The topological polar surface area (TPSA) is 68.0 Å². The molecule has 3 aromatic rings. The Kier molecular flexibility index (Phi) is 3.33. The maximum atomic E-state index is 12.4. The number of hydrogen-bond donors (Lipinski definition) is 2. The minimum absolute atomic E-state index is 0.145. The van der Waals surface area contributed by atoms with Crippen molar-refractivity contribution in [2.24, 2.45) is 0 Å². The Bertz CT molecular complexity index is 890. The number of aromatic nitrogens is 1. The summed E-state index contributed by atoms with van der Waals surface area (Å²) >= 11 is 1.34. The zero-order valence-electron chi connectivity index (χ0n) is 13.2. The SMILES string of the molecule is Cc1ccc2nc3sc(C(=O)NC(C)(C)C)c(N)c3cc2c1. The summed E-state index contributed by atoms with van der Waals surface area (Å²) in [5, 5.41) is 4.84. The Morgan fingerprint density at radius 3 is 2.68 bits per heavy atom. The van der Waals surface area contributed by atoms with Crippen LogP contribution in [0.25, 0.3) is 21.1 Å². The number of thiophene rings is 1. The van der Waals surface area contributed by atoms with E-state index in [1.165, 1.54) is 16.9 Å². The quantitative estimate of drug-likeness (QED) is 0.716. The van der Waals surface area contributed by atoms with Gasteiger partial charge in [-0.2, -0.15) is 0 Å². The van der Waals surface area contributed by atoms with Crippen molar-refractivity contribution in [3.63, 3.8) is 0 Å². The molecule has 0 atom stereocenters. The standard InChI is InChI=1S/C17H19N3OS/c1-9-5-6-12-10(7-9)8-11-13(18)14(22-16(11)19-12)15(21)20-17(2,3)4/h5-8H,18H2,1-4H3,(H,20,21). The molecule has 5 heteroatoms. The van der Waals surface area contributed by atoms with Crippen molar-refractivity contribution < 1.29 is 4.79 Å². The molecule has 0 radical (unpaired) electrons. The molecular weight excluding hydrogens is 294 g/mol. The number of fused-ring (bicyclic) bond motifs is 2. The third kappa shape index (κ3) is 2.64. The number of nitrogens with one attached hydrogen (secondary N) is 1. The van der Waals surface area contributed by atoms with Crippen LogP contribution < -0.4 is 11.1 Å². The fourth-order valence-electron chi connectivity index (χ4n) is 2.39. The number of carbonyl (C=O) groups excluding carboxylic acids is 1. The van der Waals surface area contributed by atoms with E-state index < -0.39 is 0 Å². The summed E-state index contributed by atoms with van der Waals surface area (Å²) in [5.74, 6) is -0.145. The first-order chi connectivity index (χ1) is 10.2. The molecule has 0 unspecified atom stereocenters. The molecule has 0 saturated heterocycles. The van der Waals surface area contributed by atoms with Gasteiger partial charge in [-0.3, -0.25) is 4.79 Å². The number of nitrogens with zero attached hydrogens (tertiary/aromatic N) is 1. The lowest BCUT2D eigenvalue weighted by Crippen LogP contribution is -2.40. The summed E-state index contributed by atoms with van der Waals surface area (Å²) in [5.41, 5.74) is 8.51. The summed E-state index contributed by atoms with van der Waals surface area (Å²) in [4.78, 5) is 18.4. The first-order valence-electron chi connectivity index (χ1n) is 7.16. The zero-order chi connectivity index (χ0) is 16.1. The molecule has 0 fully saturated rings. The lowest BCUT2D eigenvalue weighted by atomic mass is 10.1. The summed E-state index contributed by atoms with van der Waals surface area (Å²) < 4.78 is 0. The molecule has 2 heterocycles. The smallest absolute Gasteiger partial charge is 0.263 e. The van der Waals surface area contributed by atoms with Gasteiger partial charge in [0.1, 0.15) is 9.71 Å². The van der Waals surface area contributed by atoms with E-state index in [4.69, 9.17) is 5.73 Å². The van der Waals surface area contributed by atoms with E-state index in [1.807, 2.05) is 45.9 Å². The number of carbonyl (C=O) groups is 1. The second-order valence-electron chi connectivity index (χ2n) is 6.59. The molecule has 0 bridgehead atoms. The van der Waals surface area contributed by atoms with Gasteiger partial charge in [0.25, 0.3) is 5.91 Å². The van der Waals surface area contributed by atoms with Crippen molar-refractivity contribution in [2.45, 2.75) is 33.2 Å². The fourth-order valence-corrected chi connectivity index (χ4v) is 3.37. The van der Waals surface area contributed by atoms with Crippen LogP contribution in [0.1, 0.15) is 36.0 Å². The number of aryl methyl sites for hydroxylation is 1. The van der Waals surface area contributed by atoms with Gasteiger partial charge < -0.3 is 11.1 Å². The van der Waals surface area contributed by atoms with Crippen LogP contribution in [-0.4, -0.2) is 16.4 Å². The fraction of sp³-hybridized carbons (Fsp3) is 0.294. The molecule has 22 heavy (non-hydrogen) atoms. The number of amides is 1. The summed E-state index contributed by atoms with van der Waals surface area (Å²) in [6, 6.07) is 8.12. The highest BCUT2D eigenvalue weighted by Crippen LogP contribution is 2.34. The van der Waals surface area contributed by atoms with Gasteiger partial charge in [0, 0.05) is 16.3 Å². The van der Waals surface area contributed by atoms with E-state index >= 15 is 0 Å². The third-order valence-electron chi connectivity index (χ3n) is 3.36. The minimum atomic E-state index is -0.297. The zero-order valence-corrected chi connectivity index (χ0v) is 14.0. The van der Waals surface area contributed by atoms with E-state index in [2.05, 4.69) is 16.4 Å². The lowest BCUT2D eigenvalue weighted by molar-refractivity contribution is 0.0924. The van der Waals surface area contributed by atoms with Crippen molar-refractivity contribution in [1.29, 1.82) is 0 Å². The van der Waals surface area contributed by atoms with Gasteiger partial charge in [-0.25, -0.2) is 4.98 Å². The van der Waals surface area contributed by atoms with Gasteiger partial charge >= 0.3 is 0 Å². The first kappa shape index (κ1) is 14.8. The molecule has 0 spiro atoms. The molecular formula is C17H19N3OS. The highest BCUT2D eigenvalue weighted by Gasteiger charge is 2.21. The van der Waals surface area contributed by atoms with Gasteiger partial charge in [0.15, 0.2) is 0 Å². The molecule has 0 aliphatic heterocycles. The lowest BCUT2D eigenvalue weighted by Gasteiger charge is -2.19. The van der Waals surface area contributed by atoms with Crippen LogP contribution in [0, 0.1) is 6.92 Å². The summed E-state index contributed by atoms with van der Waals surface area (Å²) in [6.45, 7) is 7.89. The maximum Gasteiger partial charge on any atom is 0.263 e. The van der Waals surface area contributed by atoms with Crippen LogP contribution in [0.2, 0.25) is 0 Å². The van der Waals surface area contributed by atoms with Gasteiger partial charge in [0.2, 0.25) is 0 Å². The molecule has 0 aliphatic rings. The number of rotatable bonds is 1. The van der Waals surface area contributed by atoms with Gasteiger partial charge in [-0.15, -0.1) is 11.3 Å².